The van der Waals surface area contributed by atoms with Gasteiger partial charge in [-0.1, -0.05) is 18.9 Å². The fourth-order valence-electron chi connectivity index (χ4n) is 2.89. The zero-order chi connectivity index (χ0) is 16.4. The van der Waals surface area contributed by atoms with Crippen molar-refractivity contribution in [1.29, 1.82) is 0 Å². The summed E-state index contributed by atoms with van der Waals surface area (Å²) in [5.74, 6) is 1.95. The third-order valence-electron chi connectivity index (χ3n) is 4.37. The summed E-state index contributed by atoms with van der Waals surface area (Å²) in [6, 6.07) is 1.63. The summed E-state index contributed by atoms with van der Waals surface area (Å²) in [5, 5.41) is 0. The van der Waals surface area contributed by atoms with E-state index in [1.807, 2.05) is 12.2 Å². The summed E-state index contributed by atoms with van der Waals surface area (Å²) in [4.78, 5) is 12.0. The number of carbonyl (C=O) groups excluding carboxylic acids is 1. The first-order valence-electron chi connectivity index (χ1n) is 7.90. The molecular formula is C18H22O5. The van der Waals surface area contributed by atoms with Gasteiger partial charge in [-0.3, -0.25) is 0 Å². The lowest BCUT2D eigenvalue weighted by molar-refractivity contribution is 0.0599. The van der Waals surface area contributed by atoms with Crippen molar-refractivity contribution in [3.8, 4) is 17.2 Å². The molecule has 5 nitrogen and oxygen atoms in total. The zero-order valence-electron chi connectivity index (χ0n) is 13.8. The van der Waals surface area contributed by atoms with Crippen molar-refractivity contribution in [2.45, 2.75) is 31.8 Å². The van der Waals surface area contributed by atoms with E-state index in [1.165, 1.54) is 33.5 Å². The summed E-state index contributed by atoms with van der Waals surface area (Å²) in [6.07, 6.45) is 8.71. The first kappa shape index (κ1) is 15.7. The summed E-state index contributed by atoms with van der Waals surface area (Å²) in [6.45, 7) is 0. The molecule has 0 amide bonds. The molecule has 124 valence electrons. The highest BCUT2D eigenvalue weighted by Crippen LogP contribution is 2.46. The number of hydrogen-bond donors (Lipinski definition) is 0. The van der Waals surface area contributed by atoms with Gasteiger partial charge in [0.05, 0.1) is 26.9 Å². The van der Waals surface area contributed by atoms with E-state index in [-0.39, 0.29) is 6.10 Å². The fraction of sp³-hybridized carbons (Fsp3) is 0.500. The highest BCUT2D eigenvalue weighted by Gasteiger charge is 2.29. The lowest BCUT2D eigenvalue weighted by Crippen LogP contribution is -2.19. The van der Waals surface area contributed by atoms with Crippen LogP contribution >= 0.6 is 0 Å². The van der Waals surface area contributed by atoms with Crippen LogP contribution in [0.15, 0.2) is 12.1 Å². The normalized spacial score (nSPS) is 18.8. The highest BCUT2D eigenvalue weighted by atomic mass is 16.5. The largest absolute Gasteiger partial charge is 0.493 e. The standard InChI is InChI=1S/C18H22O5/c1-20-15-10-14(18(19)22-3)13-9-8-12(7-6-11-4-5-11)23-16(13)17(15)21-2/h8-12H,4-7H2,1-3H3. The number of rotatable bonds is 6. The van der Waals surface area contributed by atoms with Crippen LogP contribution in [0, 0.1) is 5.92 Å². The number of hydrogen-bond acceptors (Lipinski definition) is 5. The van der Waals surface area contributed by atoms with Crippen molar-refractivity contribution in [3.05, 3.63) is 23.3 Å². The molecule has 1 unspecified atom stereocenters. The van der Waals surface area contributed by atoms with E-state index >= 15 is 0 Å². The Morgan fingerprint density at radius 2 is 2.00 bits per heavy atom. The molecule has 0 saturated heterocycles. The number of esters is 1. The van der Waals surface area contributed by atoms with Gasteiger partial charge in [0.1, 0.15) is 6.10 Å². The van der Waals surface area contributed by atoms with E-state index < -0.39 is 5.97 Å². The molecule has 1 heterocycles. The first-order valence-corrected chi connectivity index (χ1v) is 7.90. The maximum absolute atomic E-state index is 12.0. The van der Waals surface area contributed by atoms with Gasteiger partial charge in [0.25, 0.3) is 0 Å². The van der Waals surface area contributed by atoms with Crippen molar-refractivity contribution in [1.82, 2.24) is 0 Å². The van der Waals surface area contributed by atoms with Crippen molar-refractivity contribution in [2.75, 3.05) is 21.3 Å². The molecular weight excluding hydrogens is 296 g/mol. The topological polar surface area (TPSA) is 54.0 Å². The SMILES string of the molecule is COC(=O)c1cc(OC)c(OC)c2c1C=CC(CCC1CC1)O2. The number of carbonyl (C=O) groups is 1. The van der Waals surface area contributed by atoms with Crippen molar-refractivity contribution in [3.63, 3.8) is 0 Å². The van der Waals surface area contributed by atoms with Gasteiger partial charge in [-0.05, 0) is 30.9 Å². The molecule has 23 heavy (non-hydrogen) atoms. The maximum atomic E-state index is 12.0. The Bertz CT molecular complexity index is 631. The Labute approximate surface area is 136 Å². The Hall–Kier alpha value is -2.17. The average molecular weight is 318 g/mol. The summed E-state index contributed by atoms with van der Waals surface area (Å²) in [7, 11) is 4.46. The molecule has 0 bridgehead atoms. The minimum absolute atomic E-state index is 0.00500. The van der Waals surface area contributed by atoms with Gasteiger partial charge in [-0.15, -0.1) is 0 Å². The lowest BCUT2D eigenvalue weighted by Gasteiger charge is -2.25. The van der Waals surface area contributed by atoms with Crippen LogP contribution in [0.25, 0.3) is 6.08 Å². The molecule has 0 radical (unpaired) electrons. The predicted molar refractivity (Wildman–Crippen MR) is 86.3 cm³/mol. The van der Waals surface area contributed by atoms with Gasteiger partial charge in [-0.25, -0.2) is 4.79 Å². The van der Waals surface area contributed by atoms with E-state index in [2.05, 4.69) is 0 Å². The Morgan fingerprint density at radius 1 is 1.22 bits per heavy atom. The van der Waals surface area contributed by atoms with Crippen LogP contribution in [0.4, 0.5) is 0 Å². The molecule has 1 aliphatic carbocycles. The second kappa shape index (κ2) is 6.52. The maximum Gasteiger partial charge on any atom is 0.338 e. The van der Waals surface area contributed by atoms with Crippen LogP contribution in [0.5, 0.6) is 17.2 Å². The van der Waals surface area contributed by atoms with Crippen molar-refractivity contribution >= 4 is 12.0 Å². The van der Waals surface area contributed by atoms with E-state index in [1.54, 1.807) is 13.2 Å². The Kier molecular flexibility index (Phi) is 4.46. The number of methoxy groups -OCH3 is 3. The Morgan fingerprint density at radius 3 is 2.61 bits per heavy atom. The van der Waals surface area contributed by atoms with Crippen LogP contribution in [0.2, 0.25) is 0 Å². The van der Waals surface area contributed by atoms with Crippen LogP contribution in [-0.4, -0.2) is 33.4 Å². The zero-order valence-corrected chi connectivity index (χ0v) is 13.8. The Balaban J connectivity index is 1.96. The van der Waals surface area contributed by atoms with E-state index in [9.17, 15) is 4.79 Å². The molecule has 2 aliphatic rings. The highest BCUT2D eigenvalue weighted by molar-refractivity contribution is 5.96. The minimum Gasteiger partial charge on any atom is -0.493 e. The molecule has 1 saturated carbocycles. The van der Waals surface area contributed by atoms with Crippen LogP contribution in [-0.2, 0) is 4.74 Å². The molecule has 5 heteroatoms. The molecule has 1 atom stereocenters. The van der Waals surface area contributed by atoms with Crippen LogP contribution in [0.1, 0.15) is 41.6 Å². The van der Waals surface area contributed by atoms with Gasteiger partial charge < -0.3 is 18.9 Å². The van der Waals surface area contributed by atoms with E-state index in [4.69, 9.17) is 18.9 Å². The monoisotopic (exact) mass is 318 g/mol. The van der Waals surface area contributed by atoms with Gasteiger partial charge in [0.2, 0.25) is 5.75 Å². The molecule has 1 aliphatic heterocycles. The lowest BCUT2D eigenvalue weighted by atomic mass is 9.99. The molecule has 1 aromatic carbocycles. The number of benzene rings is 1. The van der Waals surface area contributed by atoms with Gasteiger partial charge in [0, 0.05) is 5.56 Å². The molecule has 1 aromatic rings. The smallest absolute Gasteiger partial charge is 0.338 e. The van der Waals surface area contributed by atoms with Crippen LogP contribution < -0.4 is 14.2 Å². The second-order valence-corrected chi connectivity index (χ2v) is 5.93. The van der Waals surface area contributed by atoms with Gasteiger partial charge in [0.15, 0.2) is 11.5 Å². The number of ether oxygens (including phenoxy) is 4. The quantitative estimate of drug-likeness (QED) is 0.752. The summed E-state index contributed by atoms with van der Waals surface area (Å²) < 4.78 is 21.8. The molecule has 3 rings (SSSR count). The van der Waals surface area contributed by atoms with Crippen LogP contribution in [0.3, 0.4) is 0 Å². The first-order chi connectivity index (χ1) is 11.2. The van der Waals surface area contributed by atoms with Crippen molar-refractivity contribution < 1.29 is 23.7 Å². The predicted octanol–water partition coefficient (Wildman–Crippen LogP) is 3.45. The van der Waals surface area contributed by atoms with Gasteiger partial charge >= 0.3 is 5.97 Å². The fourth-order valence-corrected chi connectivity index (χ4v) is 2.89. The molecule has 0 aromatic heterocycles. The third-order valence-corrected chi connectivity index (χ3v) is 4.37. The number of fused-ring (bicyclic) bond motifs is 1. The minimum atomic E-state index is -0.424. The molecule has 0 N–H and O–H groups in total. The average Bonchev–Trinajstić information content (AvgIpc) is 3.41. The van der Waals surface area contributed by atoms with E-state index in [0.717, 1.165) is 12.3 Å². The molecule has 0 spiro atoms. The van der Waals surface area contributed by atoms with Crippen molar-refractivity contribution in [2.24, 2.45) is 5.92 Å². The molecule has 1 fully saturated rings. The van der Waals surface area contributed by atoms with Gasteiger partial charge in [-0.2, -0.15) is 0 Å². The third kappa shape index (κ3) is 3.14. The summed E-state index contributed by atoms with van der Waals surface area (Å²) >= 11 is 0. The second-order valence-electron chi connectivity index (χ2n) is 5.93. The summed E-state index contributed by atoms with van der Waals surface area (Å²) in [5.41, 5.74) is 1.09. The van der Waals surface area contributed by atoms with E-state index in [0.29, 0.717) is 28.4 Å².